The zero-order valence-corrected chi connectivity index (χ0v) is 9.48. The van der Waals surface area contributed by atoms with Gasteiger partial charge in [-0.1, -0.05) is 0 Å². The molecule has 7 nitrogen and oxygen atoms in total. The molecule has 0 aliphatic carbocycles. The first-order valence-corrected chi connectivity index (χ1v) is 5.21. The van der Waals surface area contributed by atoms with Crippen molar-refractivity contribution in [1.82, 2.24) is 24.1 Å². The molecule has 0 bridgehead atoms. The lowest BCUT2D eigenvalue weighted by atomic mass is 10.3. The van der Waals surface area contributed by atoms with Crippen LogP contribution < -0.4 is 0 Å². The first-order valence-electron chi connectivity index (χ1n) is 5.21. The minimum absolute atomic E-state index is 0.0174. The summed E-state index contributed by atoms with van der Waals surface area (Å²) in [6, 6.07) is 1.75. The largest absolute Gasteiger partial charge is 0.476 e. The molecule has 0 atom stereocenters. The van der Waals surface area contributed by atoms with Gasteiger partial charge in [-0.15, -0.1) is 0 Å². The summed E-state index contributed by atoms with van der Waals surface area (Å²) in [6.45, 7) is 0. The van der Waals surface area contributed by atoms with Crippen molar-refractivity contribution in [3.8, 4) is 5.95 Å². The van der Waals surface area contributed by atoms with Gasteiger partial charge in [0, 0.05) is 25.6 Å². The molecule has 3 aromatic heterocycles. The van der Waals surface area contributed by atoms with Gasteiger partial charge in [-0.2, -0.15) is 0 Å². The van der Waals surface area contributed by atoms with E-state index in [4.69, 9.17) is 0 Å². The SMILES string of the molecule is Cn1ccc2nc(-n3ccnc3)nc(C(=O)O)c21. The number of carbonyl (C=O) groups is 1. The van der Waals surface area contributed by atoms with Crippen molar-refractivity contribution in [2.24, 2.45) is 7.05 Å². The summed E-state index contributed by atoms with van der Waals surface area (Å²) in [4.78, 5) is 23.5. The lowest BCUT2D eigenvalue weighted by Gasteiger charge is -2.04. The van der Waals surface area contributed by atoms with Gasteiger partial charge in [0.2, 0.25) is 5.95 Å². The fourth-order valence-electron chi connectivity index (χ4n) is 1.82. The van der Waals surface area contributed by atoms with Crippen molar-refractivity contribution in [1.29, 1.82) is 0 Å². The van der Waals surface area contributed by atoms with E-state index >= 15 is 0 Å². The second kappa shape index (κ2) is 3.66. The van der Waals surface area contributed by atoms with Gasteiger partial charge in [-0.25, -0.2) is 19.7 Å². The summed E-state index contributed by atoms with van der Waals surface area (Å²) < 4.78 is 3.26. The second-order valence-corrected chi connectivity index (χ2v) is 3.81. The summed E-state index contributed by atoms with van der Waals surface area (Å²) in [7, 11) is 1.76. The molecule has 3 aromatic rings. The van der Waals surface area contributed by atoms with Crippen molar-refractivity contribution in [2.75, 3.05) is 0 Å². The van der Waals surface area contributed by atoms with Gasteiger partial charge < -0.3 is 9.67 Å². The van der Waals surface area contributed by atoms with Crippen LogP contribution in [0.1, 0.15) is 10.5 Å². The van der Waals surface area contributed by atoms with Crippen LogP contribution in [-0.2, 0) is 7.05 Å². The zero-order valence-electron chi connectivity index (χ0n) is 9.48. The van der Waals surface area contributed by atoms with Crippen molar-refractivity contribution in [3.63, 3.8) is 0 Å². The van der Waals surface area contributed by atoms with Gasteiger partial charge in [0.1, 0.15) is 11.8 Å². The molecule has 90 valence electrons. The highest BCUT2D eigenvalue weighted by Crippen LogP contribution is 2.18. The first kappa shape index (κ1) is 10.5. The molecule has 0 amide bonds. The molecule has 0 aromatic carbocycles. The van der Waals surface area contributed by atoms with Crippen LogP contribution in [-0.4, -0.2) is 35.2 Å². The summed E-state index contributed by atoms with van der Waals surface area (Å²) in [6.07, 6.45) is 6.52. The van der Waals surface area contributed by atoms with Crippen molar-refractivity contribution in [3.05, 3.63) is 36.7 Å². The van der Waals surface area contributed by atoms with E-state index < -0.39 is 5.97 Å². The Morgan fingerprint density at radius 3 is 2.83 bits per heavy atom. The Hall–Kier alpha value is -2.70. The summed E-state index contributed by atoms with van der Waals surface area (Å²) in [5.74, 6) is -0.783. The number of aromatic nitrogens is 5. The maximum Gasteiger partial charge on any atom is 0.356 e. The number of carboxylic acids is 1. The van der Waals surface area contributed by atoms with Crippen LogP contribution in [0.25, 0.3) is 17.0 Å². The number of fused-ring (bicyclic) bond motifs is 1. The first-order chi connectivity index (χ1) is 8.66. The molecule has 0 fully saturated rings. The number of aryl methyl sites for hydroxylation is 1. The van der Waals surface area contributed by atoms with E-state index in [1.54, 1.807) is 40.8 Å². The molecule has 3 rings (SSSR count). The number of nitrogens with zero attached hydrogens (tertiary/aromatic N) is 5. The highest BCUT2D eigenvalue weighted by Gasteiger charge is 2.17. The Labute approximate surface area is 101 Å². The third-order valence-electron chi connectivity index (χ3n) is 2.65. The van der Waals surface area contributed by atoms with Crippen LogP contribution in [0.15, 0.2) is 31.0 Å². The smallest absolute Gasteiger partial charge is 0.356 e. The molecular formula is C11H9N5O2. The maximum absolute atomic E-state index is 11.3. The average molecular weight is 243 g/mol. The highest BCUT2D eigenvalue weighted by atomic mass is 16.4. The molecule has 0 saturated heterocycles. The fraction of sp³-hybridized carbons (Fsp3) is 0.0909. The number of aromatic carboxylic acids is 1. The Kier molecular flexibility index (Phi) is 2.12. The van der Waals surface area contributed by atoms with Crippen LogP contribution in [0, 0.1) is 0 Å². The van der Waals surface area contributed by atoms with E-state index in [1.165, 1.54) is 6.33 Å². The quantitative estimate of drug-likeness (QED) is 0.721. The van der Waals surface area contributed by atoms with Crippen LogP contribution >= 0.6 is 0 Å². The van der Waals surface area contributed by atoms with Gasteiger partial charge in [-0.3, -0.25) is 4.57 Å². The van der Waals surface area contributed by atoms with E-state index in [-0.39, 0.29) is 5.69 Å². The van der Waals surface area contributed by atoms with E-state index in [1.807, 2.05) is 0 Å². The minimum atomic E-state index is -1.08. The Balaban J connectivity index is 2.34. The van der Waals surface area contributed by atoms with Gasteiger partial charge >= 0.3 is 5.97 Å². The fourth-order valence-corrected chi connectivity index (χ4v) is 1.82. The summed E-state index contributed by atoms with van der Waals surface area (Å²) in [5, 5.41) is 9.22. The molecule has 0 aliphatic heterocycles. The Morgan fingerprint density at radius 2 is 2.17 bits per heavy atom. The number of rotatable bonds is 2. The number of imidazole rings is 1. The van der Waals surface area contributed by atoms with Crippen LogP contribution in [0.2, 0.25) is 0 Å². The Morgan fingerprint density at radius 1 is 1.33 bits per heavy atom. The third-order valence-corrected chi connectivity index (χ3v) is 2.65. The minimum Gasteiger partial charge on any atom is -0.476 e. The van der Waals surface area contributed by atoms with Crippen LogP contribution in [0.5, 0.6) is 0 Å². The third kappa shape index (κ3) is 1.45. The summed E-state index contributed by atoms with van der Waals surface area (Å²) in [5.41, 5.74) is 1.08. The molecule has 3 heterocycles. The maximum atomic E-state index is 11.3. The predicted octanol–water partition coefficient (Wildman–Crippen LogP) is 0.852. The van der Waals surface area contributed by atoms with Crippen LogP contribution in [0.3, 0.4) is 0 Å². The molecule has 0 saturated carbocycles. The molecule has 0 aliphatic rings. The Bertz CT molecular complexity index is 729. The van der Waals surface area contributed by atoms with Crippen LogP contribution in [0.4, 0.5) is 0 Å². The standard InChI is InChI=1S/C11H9N5O2/c1-15-4-2-7-9(15)8(10(17)18)14-11(13-7)16-5-3-12-6-16/h2-6H,1H3,(H,17,18). The van der Waals surface area contributed by atoms with Crippen molar-refractivity contribution < 1.29 is 9.90 Å². The molecule has 0 unspecified atom stereocenters. The van der Waals surface area contributed by atoms with Gasteiger partial charge in [0.25, 0.3) is 0 Å². The average Bonchev–Trinajstić information content (AvgIpc) is 2.98. The lowest BCUT2D eigenvalue weighted by Crippen LogP contribution is -2.09. The normalized spacial score (nSPS) is 10.9. The van der Waals surface area contributed by atoms with Gasteiger partial charge in [-0.05, 0) is 6.07 Å². The molecular weight excluding hydrogens is 234 g/mol. The number of hydrogen-bond donors (Lipinski definition) is 1. The molecule has 1 N–H and O–H groups in total. The molecule has 7 heteroatoms. The van der Waals surface area contributed by atoms with E-state index in [2.05, 4.69) is 15.0 Å². The van der Waals surface area contributed by atoms with E-state index in [9.17, 15) is 9.90 Å². The van der Waals surface area contributed by atoms with Gasteiger partial charge in [0.05, 0.1) is 5.52 Å². The second-order valence-electron chi connectivity index (χ2n) is 3.81. The number of carboxylic acid groups (broad SMARTS) is 1. The predicted molar refractivity (Wildman–Crippen MR) is 62.6 cm³/mol. The summed E-state index contributed by atoms with van der Waals surface area (Å²) >= 11 is 0. The zero-order chi connectivity index (χ0) is 12.7. The molecule has 0 radical (unpaired) electrons. The van der Waals surface area contributed by atoms with E-state index in [0.29, 0.717) is 17.0 Å². The van der Waals surface area contributed by atoms with Gasteiger partial charge in [0.15, 0.2) is 5.69 Å². The molecule has 18 heavy (non-hydrogen) atoms. The monoisotopic (exact) mass is 243 g/mol. The molecule has 0 spiro atoms. The van der Waals surface area contributed by atoms with Crippen molar-refractivity contribution in [2.45, 2.75) is 0 Å². The van der Waals surface area contributed by atoms with E-state index in [0.717, 1.165) is 0 Å². The highest BCUT2D eigenvalue weighted by molar-refractivity contribution is 5.99. The van der Waals surface area contributed by atoms with Crippen molar-refractivity contribution >= 4 is 17.0 Å². The topological polar surface area (TPSA) is 85.8 Å². The number of hydrogen-bond acceptors (Lipinski definition) is 4. The lowest BCUT2D eigenvalue weighted by molar-refractivity contribution is 0.0692.